The van der Waals surface area contributed by atoms with Crippen molar-refractivity contribution in [1.82, 2.24) is 0 Å². The van der Waals surface area contributed by atoms with Gasteiger partial charge in [-0.15, -0.1) is 0 Å². The Bertz CT molecular complexity index is 76.4. The molecular formula is C6H12O3. The van der Waals surface area contributed by atoms with E-state index in [0.29, 0.717) is 13.2 Å². The van der Waals surface area contributed by atoms with Crippen molar-refractivity contribution in [2.24, 2.45) is 0 Å². The van der Waals surface area contributed by atoms with Crippen molar-refractivity contribution in [3.63, 3.8) is 0 Å². The van der Waals surface area contributed by atoms with E-state index in [2.05, 4.69) is 0 Å². The zero-order valence-electron chi connectivity index (χ0n) is 5.79. The Morgan fingerprint density at radius 1 is 1.33 bits per heavy atom. The molecule has 0 N–H and O–H groups in total. The van der Waals surface area contributed by atoms with Gasteiger partial charge >= 0.3 is 0 Å². The van der Waals surface area contributed by atoms with Gasteiger partial charge < -0.3 is 14.2 Å². The highest BCUT2D eigenvalue weighted by atomic mass is 16.9. The van der Waals surface area contributed by atoms with Crippen LogP contribution < -0.4 is 0 Å². The first-order valence-electron chi connectivity index (χ1n) is 3.17. The second-order valence-corrected chi connectivity index (χ2v) is 2.22. The van der Waals surface area contributed by atoms with Crippen molar-refractivity contribution in [2.75, 3.05) is 13.2 Å². The minimum absolute atomic E-state index is 0.174. The molecule has 1 aliphatic rings. The first-order chi connectivity index (χ1) is 4.29. The van der Waals surface area contributed by atoms with E-state index >= 15 is 0 Å². The lowest BCUT2D eigenvalue weighted by molar-refractivity contribution is -0.245. The standard InChI is InChI=1S/C6H12O3/c1-5(2)9-6-7-3-4-8-6/h5-6H,3-4H2,1-2H3. The van der Waals surface area contributed by atoms with E-state index in [1.165, 1.54) is 0 Å². The summed E-state index contributed by atoms with van der Waals surface area (Å²) in [5, 5.41) is 0. The molecule has 1 fully saturated rings. The Morgan fingerprint density at radius 2 is 1.89 bits per heavy atom. The number of ether oxygens (including phenoxy) is 3. The molecule has 3 heteroatoms. The van der Waals surface area contributed by atoms with E-state index < -0.39 is 6.48 Å². The van der Waals surface area contributed by atoms with E-state index in [0.717, 1.165) is 0 Å². The first kappa shape index (κ1) is 6.99. The summed E-state index contributed by atoms with van der Waals surface area (Å²) in [4.78, 5) is 0. The largest absolute Gasteiger partial charge is 0.328 e. The molecule has 1 rings (SSSR count). The molecule has 0 bridgehead atoms. The van der Waals surface area contributed by atoms with Crippen LogP contribution in [0.4, 0.5) is 0 Å². The third-order valence-electron chi connectivity index (χ3n) is 0.974. The minimum Gasteiger partial charge on any atom is -0.328 e. The molecule has 0 saturated carbocycles. The topological polar surface area (TPSA) is 27.7 Å². The molecule has 0 atom stereocenters. The van der Waals surface area contributed by atoms with Crippen molar-refractivity contribution in [3.05, 3.63) is 0 Å². The Kier molecular flexibility index (Phi) is 2.45. The number of rotatable bonds is 2. The zero-order valence-corrected chi connectivity index (χ0v) is 5.79. The van der Waals surface area contributed by atoms with Crippen LogP contribution in [0.2, 0.25) is 0 Å². The van der Waals surface area contributed by atoms with Gasteiger partial charge in [0.15, 0.2) is 0 Å². The molecule has 1 aliphatic heterocycles. The maximum Gasteiger partial charge on any atom is 0.272 e. The van der Waals surface area contributed by atoms with Crippen LogP contribution in [0.1, 0.15) is 13.8 Å². The average Bonchev–Trinajstić information content (AvgIpc) is 2.15. The van der Waals surface area contributed by atoms with Gasteiger partial charge in [0.1, 0.15) is 0 Å². The number of hydrogen-bond donors (Lipinski definition) is 0. The van der Waals surface area contributed by atoms with Gasteiger partial charge in [-0.05, 0) is 13.8 Å². The van der Waals surface area contributed by atoms with E-state index in [1.54, 1.807) is 0 Å². The molecule has 0 unspecified atom stereocenters. The first-order valence-corrected chi connectivity index (χ1v) is 3.17. The third-order valence-corrected chi connectivity index (χ3v) is 0.974. The Hall–Kier alpha value is -0.120. The monoisotopic (exact) mass is 132 g/mol. The van der Waals surface area contributed by atoms with E-state index in [9.17, 15) is 0 Å². The van der Waals surface area contributed by atoms with E-state index in [4.69, 9.17) is 14.2 Å². The van der Waals surface area contributed by atoms with E-state index in [1.807, 2.05) is 13.8 Å². The van der Waals surface area contributed by atoms with Crippen LogP contribution in [0, 0.1) is 0 Å². The summed E-state index contributed by atoms with van der Waals surface area (Å²) in [6.45, 7) is 4.79. The molecule has 0 aromatic rings. The smallest absolute Gasteiger partial charge is 0.272 e. The van der Waals surface area contributed by atoms with Crippen molar-refractivity contribution in [2.45, 2.75) is 26.4 Å². The molecule has 0 aromatic heterocycles. The van der Waals surface area contributed by atoms with Crippen molar-refractivity contribution < 1.29 is 14.2 Å². The second kappa shape index (κ2) is 3.15. The summed E-state index contributed by atoms with van der Waals surface area (Å²) in [5.41, 5.74) is 0. The average molecular weight is 132 g/mol. The molecule has 1 heterocycles. The summed E-state index contributed by atoms with van der Waals surface area (Å²) < 4.78 is 15.2. The Balaban J connectivity index is 2.11. The lowest BCUT2D eigenvalue weighted by atomic mass is 10.5. The Labute approximate surface area is 54.9 Å². The van der Waals surface area contributed by atoms with Gasteiger partial charge in [-0.2, -0.15) is 0 Å². The van der Waals surface area contributed by atoms with Crippen molar-refractivity contribution in [1.29, 1.82) is 0 Å². The predicted octanol–water partition coefficient (Wildman–Crippen LogP) is 0.742. The molecule has 0 radical (unpaired) electrons. The van der Waals surface area contributed by atoms with Gasteiger partial charge in [0, 0.05) is 0 Å². The lowest BCUT2D eigenvalue weighted by Crippen LogP contribution is -2.17. The lowest BCUT2D eigenvalue weighted by Gasteiger charge is -2.12. The van der Waals surface area contributed by atoms with Crippen LogP contribution in [-0.4, -0.2) is 25.8 Å². The molecule has 0 spiro atoms. The second-order valence-electron chi connectivity index (χ2n) is 2.22. The predicted molar refractivity (Wildman–Crippen MR) is 31.9 cm³/mol. The van der Waals surface area contributed by atoms with Gasteiger partial charge in [0.05, 0.1) is 19.3 Å². The van der Waals surface area contributed by atoms with Crippen LogP contribution in [0.25, 0.3) is 0 Å². The van der Waals surface area contributed by atoms with E-state index in [-0.39, 0.29) is 6.10 Å². The fourth-order valence-electron chi connectivity index (χ4n) is 0.638. The fraction of sp³-hybridized carbons (Fsp3) is 1.00. The molecule has 0 aliphatic carbocycles. The van der Waals surface area contributed by atoms with Crippen LogP contribution in [0.5, 0.6) is 0 Å². The summed E-state index contributed by atoms with van der Waals surface area (Å²) in [6.07, 6.45) is 0.174. The summed E-state index contributed by atoms with van der Waals surface area (Å²) in [5.74, 6) is 0. The number of hydrogen-bond acceptors (Lipinski definition) is 3. The highest BCUT2D eigenvalue weighted by molar-refractivity contribution is 4.42. The van der Waals surface area contributed by atoms with Crippen LogP contribution in [0.3, 0.4) is 0 Å². The quantitative estimate of drug-likeness (QED) is 0.554. The van der Waals surface area contributed by atoms with Gasteiger partial charge in [-0.25, -0.2) is 0 Å². The summed E-state index contributed by atoms with van der Waals surface area (Å²) in [7, 11) is 0. The molecule has 9 heavy (non-hydrogen) atoms. The van der Waals surface area contributed by atoms with Crippen molar-refractivity contribution in [3.8, 4) is 0 Å². The summed E-state index contributed by atoms with van der Waals surface area (Å²) >= 11 is 0. The van der Waals surface area contributed by atoms with Crippen LogP contribution in [-0.2, 0) is 14.2 Å². The molecule has 3 nitrogen and oxygen atoms in total. The highest BCUT2D eigenvalue weighted by Crippen LogP contribution is 2.06. The molecule has 0 amide bonds. The molecule has 1 saturated heterocycles. The van der Waals surface area contributed by atoms with Crippen LogP contribution >= 0.6 is 0 Å². The highest BCUT2D eigenvalue weighted by Gasteiger charge is 2.16. The van der Waals surface area contributed by atoms with Crippen molar-refractivity contribution >= 4 is 0 Å². The summed E-state index contributed by atoms with van der Waals surface area (Å²) in [6, 6.07) is 0. The molecule has 54 valence electrons. The Morgan fingerprint density at radius 3 is 2.33 bits per heavy atom. The fourth-order valence-corrected chi connectivity index (χ4v) is 0.638. The van der Waals surface area contributed by atoms with Gasteiger partial charge in [-0.3, -0.25) is 0 Å². The molecular weight excluding hydrogens is 120 g/mol. The van der Waals surface area contributed by atoms with Gasteiger partial charge in [0.2, 0.25) is 0 Å². The SMILES string of the molecule is CC(C)OC1OCCO1. The van der Waals surface area contributed by atoms with Gasteiger partial charge in [-0.1, -0.05) is 0 Å². The molecule has 0 aromatic carbocycles. The normalized spacial score (nSPS) is 21.7. The maximum absolute atomic E-state index is 5.17. The third kappa shape index (κ3) is 2.30. The zero-order chi connectivity index (χ0) is 6.69. The minimum atomic E-state index is -0.412. The maximum atomic E-state index is 5.17. The van der Waals surface area contributed by atoms with Gasteiger partial charge in [0.25, 0.3) is 6.48 Å². The van der Waals surface area contributed by atoms with Crippen LogP contribution in [0.15, 0.2) is 0 Å².